The summed E-state index contributed by atoms with van der Waals surface area (Å²) in [6.45, 7) is 18.5. The molecule has 2 aliphatic carbocycles. The Balaban J connectivity index is 2.30. The molecule has 138 valence electrons. The van der Waals surface area contributed by atoms with E-state index in [4.69, 9.17) is 4.74 Å². The molecule has 0 spiro atoms. The number of methoxy groups -OCH3 is 1. The van der Waals surface area contributed by atoms with Crippen LogP contribution in [0.15, 0.2) is 12.6 Å². The quantitative estimate of drug-likeness (QED) is 0.582. The summed E-state index contributed by atoms with van der Waals surface area (Å²) in [4.78, 5) is 0. The molecular formula is C24H36O. The molecule has 0 amide bonds. The summed E-state index contributed by atoms with van der Waals surface area (Å²) >= 11 is 0. The third kappa shape index (κ3) is 2.75. The van der Waals surface area contributed by atoms with Gasteiger partial charge in [0, 0.05) is 11.1 Å². The van der Waals surface area contributed by atoms with Gasteiger partial charge in [-0.25, -0.2) is 0 Å². The minimum Gasteiger partial charge on any atom is -0.496 e. The fourth-order valence-electron chi connectivity index (χ4n) is 6.09. The van der Waals surface area contributed by atoms with Crippen LogP contribution in [0.2, 0.25) is 0 Å². The van der Waals surface area contributed by atoms with Crippen molar-refractivity contribution >= 4 is 5.57 Å². The Kier molecular flexibility index (Phi) is 4.58. The topological polar surface area (TPSA) is 9.23 Å². The molecule has 1 nitrogen and oxygen atoms in total. The summed E-state index contributed by atoms with van der Waals surface area (Å²) in [5.74, 6) is 2.31. The molecule has 1 aromatic rings. The average molecular weight is 341 g/mol. The maximum absolute atomic E-state index is 5.91. The Morgan fingerprint density at radius 1 is 1.24 bits per heavy atom. The molecule has 1 fully saturated rings. The summed E-state index contributed by atoms with van der Waals surface area (Å²) in [6.07, 6.45) is 6.52. The first-order valence-corrected chi connectivity index (χ1v) is 10.0. The van der Waals surface area contributed by atoms with E-state index < -0.39 is 0 Å². The predicted molar refractivity (Wildman–Crippen MR) is 109 cm³/mol. The monoisotopic (exact) mass is 340 g/mol. The van der Waals surface area contributed by atoms with Gasteiger partial charge in [-0.1, -0.05) is 47.6 Å². The van der Waals surface area contributed by atoms with Gasteiger partial charge in [0.05, 0.1) is 7.11 Å². The number of benzene rings is 1. The summed E-state index contributed by atoms with van der Waals surface area (Å²) < 4.78 is 5.91. The first-order chi connectivity index (χ1) is 11.6. The van der Waals surface area contributed by atoms with Gasteiger partial charge in [0.15, 0.2) is 0 Å². The van der Waals surface area contributed by atoms with Crippen LogP contribution in [0.5, 0.6) is 5.75 Å². The molecule has 0 heterocycles. The van der Waals surface area contributed by atoms with E-state index >= 15 is 0 Å². The molecule has 0 radical (unpaired) electrons. The van der Waals surface area contributed by atoms with Gasteiger partial charge in [0.2, 0.25) is 0 Å². The van der Waals surface area contributed by atoms with E-state index in [1.165, 1.54) is 43.2 Å². The highest BCUT2D eigenvalue weighted by molar-refractivity contribution is 5.72. The lowest BCUT2D eigenvalue weighted by Gasteiger charge is -2.55. The van der Waals surface area contributed by atoms with Crippen LogP contribution in [0.3, 0.4) is 0 Å². The zero-order chi connectivity index (χ0) is 18.6. The number of ether oxygens (including phenoxy) is 1. The Labute approximate surface area is 154 Å². The molecule has 1 saturated carbocycles. The van der Waals surface area contributed by atoms with Crippen LogP contribution in [0.4, 0.5) is 0 Å². The van der Waals surface area contributed by atoms with E-state index in [2.05, 4.69) is 54.2 Å². The van der Waals surface area contributed by atoms with Gasteiger partial charge in [-0.3, -0.25) is 0 Å². The molecular weight excluding hydrogens is 304 g/mol. The molecule has 2 atom stereocenters. The summed E-state index contributed by atoms with van der Waals surface area (Å²) in [5, 5.41) is 0. The van der Waals surface area contributed by atoms with Crippen LogP contribution >= 0.6 is 0 Å². The van der Waals surface area contributed by atoms with Crippen LogP contribution < -0.4 is 4.74 Å². The lowest BCUT2D eigenvalue weighted by molar-refractivity contribution is 0.0404. The summed E-state index contributed by atoms with van der Waals surface area (Å²) in [5.41, 5.74) is 7.66. The van der Waals surface area contributed by atoms with Crippen molar-refractivity contribution in [1.82, 2.24) is 0 Å². The number of rotatable bonds is 3. The van der Waals surface area contributed by atoms with Crippen molar-refractivity contribution < 1.29 is 4.74 Å². The van der Waals surface area contributed by atoms with Crippen molar-refractivity contribution in [2.45, 2.75) is 85.0 Å². The molecule has 25 heavy (non-hydrogen) atoms. The van der Waals surface area contributed by atoms with Crippen molar-refractivity contribution in [3.05, 3.63) is 34.9 Å². The zero-order valence-corrected chi connectivity index (χ0v) is 17.4. The number of fused-ring (bicyclic) bond motifs is 3. The second kappa shape index (κ2) is 6.18. The highest BCUT2D eigenvalue weighted by atomic mass is 16.5. The summed E-state index contributed by atoms with van der Waals surface area (Å²) in [7, 11) is 1.82. The van der Waals surface area contributed by atoms with Crippen LogP contribution in [-0.2, 0) is 11.8 Å². The predicted octanol–water partition coefficient (Wildman–Crippen LogP) is 6.88. The first-order valence-electron chi connectivity index (χ1n) is 10.0. The Morgan fingerprint density at radius 2 is 1.92 bits per heavy atom. The van der Waals surface area contributed by atoms with Crippen LogP contribution in [0.1, 0.15) is 95.4 Å². The molecule has 1 heteroatoms. The smallest absolute Gasteiger partial charge is 0.130 e. The van der Waals surface area contributed by atoms with Crippen LogP contribution in [-0.4, -0.2) is 7.11 Å². The lowest BCUT2D eigenvalue weighted by Crippen LogP contribution is -2.48. The van der Waals surface area contributed by atoms with Crippen molar-refractivity contribution in [3.8, 4) is 5.75 Å². The van der Waals surface area contributed by atoms with E-state index in [9.17, 15) is 0 Å². The first kappa shape index (κ1) is 18.5. The minimum absolute atomic E-state index is 0.287. The van der Waals surface area contributed by atoms with Gasteiger partial charge >= 0.3 is 0 Å². The van der Waals surface area contributed by atoms with Gasteiger partial charge in [-0.05, 0) is 78.0 Å². The van der Waals surface area contributed by atoms with Gasteiger partial charge in [0.1, 0.15) is 5.75 Å². The normalized spacial score (nSPS) is 27.6. The largest absolute Gasteiger partial charge is 0.496 e. The highest BCUT2D eigenvalue weighted by Crippen LogP contribution is 2.58. The minimum atomic E-state index is 0.287. The van der Waals surface area contributed by atoms with E-state index in [0.717, 1.165) is 17.2 Å². The van der Waals surface area contributed by atoms with E-state index in [-0.39, 0.29) is 5.41 Å². The Bertz CT molecular complexity index is 695. The molecule has 0 unspecified atom stereocenters. The van der Waals surface area contributed by atoms with Gasteiger partial charge in [0.25, 0.3) is 0 Å². The molecule has 0 aromatic heterocycles. The van der Waals surface area contributed by atoms with Gasteiger partial charge in [-0.2, -0.15) is 0 Å². The van der Waals surface area contributed by atoms with E-state index in [1.807, 2.05) is 7.11 Å². The molecule has 1 aromatic carbocycles. The second-order valence-corrected chi connectivity index (χ2v) is 9.68. The Morgan fingerprint density at radius 3 is 2.48 bits per heavy atom. The maximum atomic E-state index is 5.91. The molecule has 0 saturated heterocycles. The van der Waals surface area contributed by atoms with Crippen molar-refractivity contribution in [2.75, 3.05) is 7.11 Å². The van der Waals surface area contributed by atoms with Gasteiger partial charge < -0.3 is 4.74 Å². The van der Waals surface area contributed by atoms with Crippen molar-refractivity contribution in [1.29, 1.82) is 0 Å². The molecule has 3 rings (SSSR count). The molecule has 0 aliphatic heterocycles. The summed E-state index contributed by atoms with van der Waals surface area (Å²) in [6, 6.07) is 2.44. The number of allylic oxidation sites excluding steroid dienone is 1. The van der Waals surface area contributed by atoms with E-state index in [0.29, 0.717) is 11.3 Å². The Hall–Kier alpha value is -1.24. The average Bonchev–Trinajstić information content (AvgIpc) is 2.51. The third-order valence-electron chi connectivity index (χ3n) is 7.20. The maximum Gasteiger partial charge on any atom is 0.130 e. The van der Waals surface area contributed by atoms with Crippen molar-refractivity contribution in [2.24, 2.45) is 11.3 Å². The number of hydrogen-bond acceptors (Lipinski definition) is 1. The van der Waals surface area contributed by atoms with Gasteiger partial charge in [-0.15, -0.1) is 0 Å². The second-order valence-electron chi connectivity index (χ2n) is 9.68. The fraction of sp³-hybridized carbons (Fsp3) is 0.667. The molecule has 2 aliphatic rings. The fourth-order valence-corrected chi connectivity index (χ4v) is 6.09. The molecule has 0 N–H and O–H groups in total. The number of hydrogen-bond donors (Lipinski definition) is 0. The van der Waals surface area contributed by atoms with Crippen LogP contribution in [0.25, 0.3) is 5.57 Å². The van der Waals surface area contributed by atoms with Crippen LogP contribution in [0, 0.1) is 11.3 Å². The third-order valence-corrected chi connectivity index (χ3v) is 7.20. The highest BCUT2D eigenvalue weighted by Gasteiger charge is 2.50. The standard InChI is InChI=1S/C24H36O/c1-15(2)18-14-19-17(21(16(3)4)22(18)25-8)10-11-20-23(5,6)12-9-13-24(19,20)7/h14,16,20H,1,9-13H2,2-8H3/t20-,24+/m0/s1. The van der Waals surface area contributed by atoms with E-state index in [1.54, 1.807) is 11.1 Å². The SMILES string of the molecule is C=C(C)c1cc2c(c(C(C)C)c1OC)CC[C@H]1C(C)(C)CCC[C@]21C. The lowest BCUT2D eigenvalue weighted by atomic mass is 9.50. The zero-order valence-electron chi connectivity index (χ0n) is 17.4. The molecule has 0 bridgehead atoms. The van der Waals surface area contributed by atoms with Crippen molar-refractivity contribution in [3.63, 3.8) is 0 Å².